The minimum absolute atomic E-state index is 0.0898. The van der Waals surface area contributed by atoms with E-state index in [4.69, 9.17) is 4.74 Å². The van der Waals surface area contributed by atoms with Gasteiger partial charge in [0.25, 0.3) is 0 Å². The van der Waals surface area contributed by atoms with E-state index >= 15 is 0 Å². The quantitative estimate of drug-likeness (QED) is 0.837. The number of fused-ring (bicyclic) bond motifs is 1. The van der Waals surface area contributed by atoms with E-state index in [0.717, 1.165) is 22.6 Å². The Morgan fingerprint density at radius 2 is 1.85 bits per heavy atom. The zero-order chi connectivity index (χ0) is 14.3. The van der Waals surface area contributed by atoms with Crippen molar-refractivity contribution in [3.63, 3.8) is 0 Å². The summed E-state index contributed by atoms with van der Waals surface area (Å²) in [4.78, 5) is 14.5. The summed E-state index contributed by atoms with van der Waals surface area (Å²) in [7, 11) is 3.46. The smallest absolute Gasteiger partial charge is 0.241 e. The van der Waals surface area contributed by atoms with Gasteiger partial charge in [0.15, 0.2) is 0 Å². The summed E-state index contributed by atoms with van der Waals surface area (Å²) in [5.74, 6) is 0.857. The second-order valence-electron chi connectivity index (χ2n) is 5.24. The monoisotopic (exact) mass is 267 g/mol. The molecule has 1 heterocycles. The van der Waals surface area contributed by atoms with Crippen molar-refractivity contribution in [3.8, 4) is 5.75 Å². The van der Waals surface area contributed by atoms with Crippen molar-refractivity contribution in [1.82, 2.24) is 0 Å². The van der Waals surface area contributed by atoms with Crippen LogP contribution in [0, 0.1) is 0 Å². The molecule has 102 valence electrons. The molecule has 1 aliphatic heterocycles. The first-order chi connectivity index (χ1) is 9.59. The molecule has 0 N–H and O–H groups in total. The van der Waals surface area contributed by atoms with Crippen molar-refractivity contribution in [2.24, 2.45) is 0 Å². The molecule has 0 aromatic heterocycles. The number of hydrogen-bond acceptors (Lipinski definition) is 2. The molecule has 2 aromatic carbocycles. The van der Waals surface area contributed by atoms with Crippen LogP contribution in [-0.4, -0.2) is 20.1 Å². The fourth-order valence-electron chi connectivity index (χ4n) is 2.96. The second-order valence-corrected chi connectivity index (χ2v) is 5.24. The molecule has 1 atom stereocenters. The maximum atomic E-state index is 12.8. The fourth-order valence-corrected chi connectivity index (χ4v) is 2.96. The number of rotatable bonds is 2. The third kappa shape index (κ3) is 1.56. The summed E-state index contributed by atoms with van der Waals surface area (Å²) in [6, 6.07) is 15.7. The van der Waals surface area contributed by atoms with Gasteiger partial charge in [0.1, 0.15) is 5.75 Å². The van der Waals surface area contributed by atoms with E-state index in [9.17, 15) is 4.79 Å². The maximum Gasteiger partial charge on any atom is 0.241 e. The van der Waals surface area contributed by atoms with Gasteiger partial charge in [-0.3, -0.25) is 4.79 Å². The van der Waals surface area contributed by atoms with Crippen LogP contribution >= 0.6 is 0 Å². The lowest BCUT2D eigenvalue weighted by atomic mass is 9.77. The average molecular weight is 267 g/mol. The largest absolute Gasteiger partial charge is 0.497 e. The Kier molecular flexibility index (Phi) is 2.78. The summed E-state index contributed by atoms with van der Waals surface area (Å²) in [6.07, 6.45) is 0. The number of anilines is 1. The number of carbonyl (C=O) groups is 1. The lowest BCUT2D eigenvalue weighted by Gasteiger charge is -2.24. The molecule has 3 heteroatoms. The molecule has 0 aliphatic carbocycles. The molecule has 0 radical (unpaired) electrons. The summed E-state index contributed by atoms with van der Waals surface area (Å²) >= 11 is 0. The number of benzene rings is 2. The van der Waals surface area contributed by atoms with Crippen molar-refractivity contribution in [3.05, 3.63) is 59.7 Å². The molecule has 0 saturated carbocycles. The summed E-state index contributed by atoms with van der Waals surface area (Å²) in [6.45, 7) is 1.98. The van der Waals surface area contributed by atoms with Crippen LogP contribution in [-0.2, 0) is 10.2 Å². The number of likely N-dealkylation sites (N-methyl/N-ethyl adjacent to an activating group) is 1. The van der Waals surface area contributed by atoms with Crippen LogP contribution in [0.1, 0.15) is 18.1 Å². The van der Waals surface area contributed by atoms with Crippen LogP contribution in [0.3, 0.4) is 0 Å². The van der Waals surface area contributed by atoms with Crippen LogP contribution in [0.5, 0.6) is 5.75 Å². The predicted octanol–water partition coefficient (Wildman–Crippen LogP) is 2.98. The molecular weight excluding hydrogens is 250 g/mol. The van der Waals surface area contributed by atoms with Crippen LogP contribution < -0.4 is 9.64 Å². The molecule has 0 saturated heterocycles. The number of nitrogens with zero attached hydrogens (tertiary/aromatic N) is 1. The van der Waals surface area contributed by atoms with Gasteiger partial charge in [0, 0.05) is 12.7 Å². The van der Waals surface area contributed by atoms with E-state index in [-0.39, 0.29) is 5.91 Å². The molecule has 3 nitrogen and oxygen atoms in total. The first-order valence-corrected chi connectivity index (χ1v) is 6.61. The van der Waals surface area contributed by atoms with Gasteiger partial charge in [-0.05, 0) is 36.2 Å². The average Bonchev–Trinajstić information content (AvgIpc) is 2.71. The normalized spacial score (nSPS) is 20.9. The number of ether oxygens (including phenoxy) is 1. The molecule has 1 amide bonds. The topological polar surface area (TPSA) is 29.5 Å². The van der Waals surface area contributed by atoms with Crippen molar-refractivity contribution < 1.29 is 9.53 Å². The maximum absolute atomic E-state index is 12.8. The number of carbonyl (C=O) groups excluding carboxylic acids is 1. The van der Waals surface area contributed by atoms with Crippen molar-refractivity contribution in [2.75, 3.05) is 19.1 Å². The second kappa shape index (κ2) is 4.37. The third-order valence-electron chi connectivity index (χ3n) is 4.18. The zero-order valence-corrected chi connectivity index (χ0v) is 11.9. The Labute approximate surface area is 118 Å². The van der Waals surface area contributed by atoms with Crippen molar-refractivity contribution in [1.29, 1.82) is 0 Å². The molecule has 1 aliphatic rings. The van der Waals surface area contributed by atoms with Crippen LogP contribution in [0.2, 0.25) is 0 Å². The van der Waals surface area contributed by atoms with Gasteiger partial charge in [-0.1, -0.05) is 30.3 Å². The predicted molar refractivity (Wildman–Crippen MR) is 79.3 cm³/mol. The highest BCUT2D eigenvalue weighted by atomic mass is 16.5. The molecule has 20 heavy (non-hydrogen) atoms. The lowest BCUT2D eigenvalue weighted by Crippen LogP contribution is -2.37. The van der Waals surface area contributed by atoms with Crippen LogP contribution in [0.15, 0.2) is 48.5 Å². The minimum Gasteiger partial charge on any atom is -0.497 e. The molecule has 3 rings (SSSR count). The Hall–Kier alpha value is -2.29. The van der Waals surface area contributed by atoms with Crippen molar-refractivity contribution >= 4 is 11.6 Å². The van der Waals surface area contributed by atoms with E-state index in [0.29, 0.717) is 0 Å². The van der Waals surface area contributed by atoms with Crippen LogP contribution in [0.25, 0.3) is 0 Å². The molecule has 2 aromatic rings. The Balaban J connectivity index is 2.23. The van der Waals surface area contributed by atoms with Gasteiger partial charge >= 0.3 is 0 Å². The van der Waals surface area contributed by atoms with Crippen LogP contribution in [0.4, 0.5) is 5.69 Å². The minimum atomic E-state index is -0.653. The van der Waals surface area contributed by atoms with E-state index in [1.165, 1.54) is 0 Å². The number of hydrogen-bond donors (Lipinski definition) is 0. The van der Waals surface area contributed by atoms with Gasteiger partial charge in [-0.25, -0.2) is 0 Å². The number of methoxy groups -OCH3 is 1. The number of para-hydroxylation sites is 1. The van der Waals surface area contributed by atoms with Gasteiger partial charge in [-0.2, -0.15) is 0 Å². The van der Waals surface area contributed by atoms with E-state index in [1.54, 1.807) is 12.0 Å². The fraction of sp³-hybridized carbons (Fsp3) is 0.235. The molecule has 0 fully saturated rings. The Morgan fingerprint density at radius 3 is 2.60 bits per heavy atom. The molecule has 0 spiro atoms. The molecule has 0 unspecified atom stereocenters. The van der Waals surface area contributed by atoms with Gasteiger partial charge in [0.05, 0.1) is 12.5 Å². The summed E-state index contributed by atoms with van der Waals surface area (Å²) in [5, 5.41) is 0. The summed E-state index contributed by atoms with van der Waals surface area (Å²) < 4.78 is 5.28. The van der Waals surface area contributed by atoms with Gasteiger partial charge < -0.3 is 9.64 Å². The Morgan fingerprint density at radius 1 is 1.10 bits per heavy atom. The highest BCUT2D eigenvalue weighted by Gasteiger charge is 2.47. The van der Waals surface area contributed by atoms with Gasteiger partial charge in [0.2, 0.25) is 5.91 Å². The lowest BCUT2D eigenvalue weighted by molar-refractivity contribution is -0.121. The van der Waals surface area contributed by atoms with E-state index < -0.39 is 5.41 Å². The SMILES string of the molecule is COc1cccc([C@]2(C)C(=O)N(C)c3ccccc32)c1. The number of amides is 1. The summed E-state index contributed by atoms with van der Waals surface area (Å²) in [5.41, 5.74) is 2.32. The highest BCUT2D eigenvalue weighted by molar-refractivity contribution is 6.09. The first kappa shape index (κ1) is 12.7. The first-order valence-electron chi connectivity index (χ1n) is 6.61. The van der Waals surface area contributed by atoms with Crippen molar-refractivity contribution in [2.45, 2.75) is 12.3 Å². The van der Waals surface area contributed by atoms with E-state index in [1.807, 2.05) is 62.5 Å². The van der Waals surface area contributed by atoms with E-state index in [2.05, 4.69) is 0 Å². The molecule has 0 bridgehead atoms. The Bertz CT molecular complexity index is 680. The van der Waals surface area contributed by atoms with Gasteiger partial charge in [-0.15, -0.1) is 0 Å². The molecular formula is C17H17NO2. The standard InChI is InChI=1S/C17H17NO2/c1-17(12-7-6-8-13(11-12)20-3)14-9-4-5-10-15(14)18(2)16(17)19/h4-11H,1-3H3/t17-/m0/s1. The highest BCUT2D eigenvalue weighted by Crippen LogP contribution is 2.45. The third-order valence-corrected chi connectivity index (χ3v) is 4.18. The zero-order valence-electron chi connectivity index (χ0n) is 11.9.